The van der Waals surface area contributed by atoms with Crippen molar-refractivity contribution in [3.8, 4) is 0 Å². The second-order valence-electron chi connectivity index (χ2n) is 7.57. The Labute approximate surface area is 153 Å². The molecule has 1 nitrogen and oxygen atoms in total. The molecule has 0 fully saturated rings. The summed E-state index contributed by atoms with van der Waals surface area (Å²) < 4.78 is 0. The van der Waals surface area contributed by atoms with Crippen molar-refractivity contribution in [3.05, 3.63) is 12.2 Å². The van der Waals surface area contributed by atoms with Crippen molar-refractivity contribution in [3.63, 3.8) is 0 Å². The van der Waals surface area contributed by atoms with E-state index in [2.05, 4.69) is 32.9 Å². The van der Waals surface area contributed by atoms with Crippen LogP contribution in [0.25, 0.3) is 0 Å². The van der Waals surface area contributed by atoms with Gasteiger partial charge in [0.15, 0.2) is 0 Å². The van der Waals surface area contributed by atoms with Crippen LogP contribution in [0.15, 0.2) is 12.2 Å². The van der Waals surface area contributed by atoms with Gasteiger partial charge in [0.1, 0.15) is 0 Å². The number of aliphatic hydroxyl groups is 1. The molecule has 0 radical (unpaired) electrons. The second kappa shape index (κ2) is 19.0. The number of allylic oxidation sites excluding steroid dienone is 2. The number of unbranched alkanes of at least 4 members (excludes halogenated alkanes) is 9. The zero-order chi connectivity index (χ0) is 17.9. The highest BCUT2D eigenvalue weighted by Gasteiger charge is 2.17. The van der Waals surface area contributed by atoms with E-state index in [-0.39, 0.29) is 6.10 Å². The highest BCUT2D eigenvalue weighted by atomic mass is 16.3. The minimum absolute atomic E-state index is 0.0512. The van der Waals surface area contributed by atoms with Crippen LogP contribution in [0.3, 0.4) is 0 Å². The molecular weight excluding hydrogens is 292 g/mol. The average Bonchev–Trinajstić information content (AvgIpc) is 2.60. The van der Waals surface area contributed by atoms with Crippen LogP contribution in [-0.4, -0.2) is 11.2 Å². The first-order chi connectivity index (χ1) is 11.8. The van der Waals surface area contributed by atoms with Gasteiger partial charge in [-0.15, -0.1) is 0 Å². The van der Waals surface area contributed by atoms with Gasteiger partial charge in [0.05, 0.1) is 6.10 Å². The van der Waals surface area contributed by atoms with Crippen LogP contribution in [0.1, 0.15) is 124 Å². The van der Waals surface area contributed by atoms with Gasteiger partial charge in [-0.25, -0.2) is 0 Å². The predicted molar refractivity (Wildman–Crippen MR) is 110 cm³/mol. The Bertz CT molecular complexity index is 259. The van der Waals surface area contributed by atoms with Gasteiger partial charge in [-0.2, -0.15) is 0 Å². The standard InChI is InChI=1S/C23H46O/c1-4-7-10-11-12-13-14-15-16-17-18-20-22(19-8-5-2)23(24)21-9-6-3/h11-12,22-24H,4-10,13-21H2,1-3H3/b12-11+. The largest absolute Gasteiger partial charge is 0.393 e. The zero-order valence-corrected chi connectivity index (χ0v) is 17.1. The SMILES string of the molecule is CCCC/C=C/CCCCCCCC(CCCC)C(O)CCCC. The third kappa shape index (κ3) is 15.2. The molecule has 0 aliphatic heterocycles. The van der Waals surface area contributed by atoms with Gasteiger partial charge < -0.3 is 5.11 Å². The van der Waals surface area contributed by atoms with Crippen LogP contribution in [0.4, 0.5) is 0 Å². The fourth-order valence-corrected chi connectivity index (χ4v) is 3.40. The topological polar surface area (TPSA) is 20.2 Å². The summed E-state index contributed by atoms with van der Waals surface area (Å²) >= 11 is 0. The minimum atomic E-state index is -0.0512. The van der Waals surface area contributed by atoms with E-state index in [9.17, 15) is 5.11 Å². The Morgan fingerprint density at radius 3 is 1.75 bits per heavy atom. The Morgan fingerprint density at radius 2 is 1.08 bits per heavy atom. The van der Waals surface area contributed by atoms with Crippen LogP contribution < -0.4 is 0 Å². The summed E-state index contributed by atoms with van der Waals surface area (Å²) in [5.74, 6) is 0.554. The van der Waals surface area contributed by atoms with Crippen molar-refractivity contribution in [2.75, 3.05) is 0 Å². The summed E-state index contributed by atoms with van der Waals surface area (Å²) in [6.07, 6.45) is 25.0. The first kappa shape index (κ1) is 23.7. The molecule has 2 atom stereocenters. The van der Waals surface area contributed by atoms with Crippen LogP contribution in [0.5, 0.6) is 0 Å². The summed E-state index contributed by atoms with van der Waals surface area (Å²) in [5, 5.41) is 10.4. The van der Waals surface area contributed by atoms with E-state index in [1.54, 1.807) is 0 Å². The lowest BCUT2D eigenvalue weighted by molar-refractivity contribution is 0.0838. The van der Waals surface area contributed by atoms with Gasteiger partial charge in [-0.05, 0) is 44.4 Å². The molecule has 1 heteroatoms. The molecule has 0 aromatic rings. The van der Waals surface area contributed by atoms with E-state index < -0.39 is 0 Å². The highest BCUT2D eigenvalue weighted by Crippen LogP contribution is 2.24. The fraction of sp³-hybridized carbons (Fsp3) is 0.913. The Kier molecular flexibility index (Phi) is 18.8. The molecule has 0 amide bonds. The van der Waals surface area contributed by atoms with Crippen molar-refractivity contribution in [1.82, 2.24) is 0 Å². The van der Waals surface area contributed by atoms with Crippen LogP contribution in [0.2, 0.25) is 0 Å². The Balaban J connectivity index is 3.66. The maximum absolute atomic E-state index is 10.4. The summed E-state index contributed by atoms with van der Waals surface area (Å²) in [4.78, 5) is 0. The minimum Gasteiger partial charge on any atom is -0.393 e. The molecule has 0 aromatic carbocycles. The fourth-order valence-electron chi connectivity index (χ4n) is 3.40. The first-order valence-electron chi connectivity index (χ1n) is 11.1. The zero-order valence-electron chi connectivity index (χ0n) is 17.1. The molecule has 0 bridgehead atoms. The van der Waals surface area contributed by atoms with Gasteiger partial charge in [-0.1, -0.05) is 97.1 Å². The number of hydrogen-bond donors (Lipinski definition) is 1. The maximum Gasteiger partial charge on any atom is 0.0568 e. The monoisotopic (exact) mass is 338 g/mol. The molecular formula is C23H46O. The Morgan fingerprint density at radius 1 is 0.583 bits per heavy atom. The van der Waals surface area contributed by atoms with Gasteiger partial charge in [-0.3, -0.25) is 0 Å². The third-order valence-electron chi connectivity index (χ3n) is 5.16. The third-order valence-corrected chi connectivity index (χ3v) is 5.16. The maximum atomic E-state index is 10.4. The van der Waals surface area contributed by atoms with E-state index in [1.165, 1.54) is 96.3 Å². The molecule has 1 N–H and O–H groups in total. The molecule has 0 aliphatic rings. The van der Waals surface area contributed by atoms with Crippen LogP contribution in [0, 0.1) is 5.92 Å². The molecule has 24 heavy (non-hydrogen) atoms. The number of rotatable bonds is 18. The summed E-state index contributed by atoms with van der Waals surface area (Å²) in [6, 6.07) is 0. The van der Waals surface area contributed by atoms with Crippen molar-refractivity contribution < 1.29 is 5.11 Å². The van der Waals surface area contributed by atoms with E-state index in [0.717, 1.165) is 6.42 Å². The molecule has 0 rings (SSSR count). The van der Waals surface area contributed by atoms with Crippen molar-refractivity contribution in [2.24, 2.45) is 5.92 Å². The predicted octanol–water partition coefficient (Wildman–Crippen LogP) is 7.82. The van der Waals surface area contributed by atoms with E-state index in [0.29, 0.717) is 5.92 Å². The highest BCUT2D eigenvalue weighted by molar-refractivity contribution is 4.81. The van der Waals surface area contributed by atoms with E-state index in [1.807, 2.05) is 0 Å². The van der Waals surface area contributed by atoms with Gasteiger partial charge >= 0.3 is 0 Å². The molecule has 0 saturated carbocycles. The number of hydrogen-bond acceptors (Lipinski definition) is 1. The van der Waals surface area contributed by atoms with Crippen molar-refractivity contribution in [1.29, 1.82) is 0 Å². The lowest BCUT2D eigenvalue weighted by Gasteiger charge is -2.23. The molecule has 2 unspecified atom stereocenters. The summed E-state index contributed by atoms with van der Waals surface area (Å²) in [6.45, 7) is 6.72. The molecule has 144 valence electrons. The van der Waals surface area contributed by atoms with Gasteiger partial charge in [0.25, 0.3) is 0 Å². The summed E-state index contributed by atoms with van der Waals surface area (Å²) in [5.41, 5.74) is 0. The van der Waals surface area contributed by atoms with E-state index in [4.69, 9.17) is 0 Å². The molecule has 0 heterocycles. The van der Waals surface area contributed by atoms with E-state index >= 15 is 0 Å². The van der Waals surface area contributed by atoms with Gasteiger partial charge in [0.2, 0.25) is 0 Å². The lowest BCUT2D eigenvalue weighted by Crippen LogP contribution is -2.20. The van der Waals surface area contributed by atoms with Crippen molar-refractivity contribution >= 4 is 0 Å². The number of aliphatic hydroxyl groups excluding tert-OH is 1. The molecule has 0 aromatic heterocycles. The first-order valence-corrected chi connectivity index (χ1v) is 11.1. The normalized spacial score (nSPS) is 14.3. The van der Waals surface area contributed by atoms with Crippen LogP contribution >= 0.6 is 0 Å². The quantitative estimate of drug-likeness (QED) is 0.199. The van der Waals surface area contributed by atoms with Gasteiger partial charge in [0, 0.05) is 0 Å². The average molecular weight is 339 g/mol. The molecule has 0 aliphatic carbocycles. The lowest BCUT2D eigenvalue weighted by atomic mass is 9.88. The van der Waals surface area contributed by atoms with Crippen molar-refractivity contribution in [2.45, 2.75) is 130 Å². The molecule has 0 saturated heterocycles. The second-order valence-corrected chi connectivity index (χ2v) is 7.57. The molecule has 0 spiro atoms. The smallest absolute Gasteiger partial charge is 0.0568 e. The summed E-state index contributed by atoms with van der Waals surface area (Å²) in [7, 11) is 0. The van der Waals surface area contributed by atoms with Crippen LogP contribution in [-0.2, 0) is 0 Å². The Hall–Kier alpha value is -0.300.